The van der Waals surface area contributed by atoms with Crippen molar-refractivity contribution in [3.8, 4) is 0 Å². The number of carbonyl (C=O) groups excluding carboxylic acids is 3. The van der Waals surface area contributed by atoms with Gasteiger partial charge in [0, 0.05) is 19.3 Å². The van der Waals surface area contributed by atoms with Crippen LogP contribution in [0.25, 0.3) is 0 Å². The molecule has 1 saturated carbocycles. The van der Waals surface area contributed by atoms with Gasteiger partial charge in [-0.3, -0.25) is 23.4 Å². The van der Waals surface area contributed by atoms with E-state index in [9.17, 15) is 74.9 Å². The van der Waals surface area contributed by atoms with E-state index in [1.165, 1.54) is 116 Å². The van der Waals surface area contributed by atoms with Crippen LogP contribution in [0.1, 0.15) is 290 Å². The van der Waals surface area contributed by atoms with E-state index in [0.29, 0.717) is 19.3 Å². The molecule has 564 valence electrons. The minimum Gasteiger partial charge on any atom is -0.463 e. The fraction of sp³-hybridized carbons (Fsp3) is 0.930. The van der Waals surface area contributed by atoms with Gasteiger partial charge in [0.25, 0.3) is 0 Å². The minimum absolute atomic E-state index is 0.0322. The van der Waals surface area contributed by atoms with Gasteiger partial charge in [0.2, 0.25) is 0 Å². The van der Waals surface area contributed by atoms with Gasteiger partial charge in [-0.1, -0.05) is 238 Å². The topological polar surface area (TPSA) is 374 Å². The van der Waals surface area contributed by atoms with Gasteiger partial charge < -0.3 is 89.1 Å². The first kappa shape index (κ1) is 87.9. The monoisotopic (exact) mass is 1400 g/mol. The molecule has 18 atom stereocenters. The Morgan fingerprint density at radius 2 is 0.729 bits per heavy atom. The van der Waals surface area contributed by atoms with Crippen molar-refractivity contribution in [2.45, 2.75) is 395 Å². The van der Waals surface area contributed by atoms with Crippen molar-refractivity contribution in [2.75, 3.05) is 26.4 Å². The second kappa shape index (κ2) is 53.5. The average molecular weight is 1400 g/mol. The Balaban J connectivity index is 1.74. The summed E-state index contributed by atoms with van der Waals surface area (Å²) < 4.78 is 65.0. The van der Waals surface area contributed by atoms with E-state index in [2.05, 4.69) is 32.9 Å². The molecule has 24 nitrogen and oxygen atoms in total. The Hall–Kier alpha value is -2.30. The number of ether oxygens (including phenoxy) is 7. The third-order valence-electron chi connectivity index (χ3n) is 18.5. The number of carbonyl (C=O) groups is 3. The molecule has 0 aromatic carbocycles. The van der Waals surface area contributed by atoms with Crippen molar-refractivity contribution in [2.24, 2.45) is 0 Å². The molecule has 2 aliphatic heterocycles. The van der Waals surface area contributed by atoms with Crippen LogP contribution in [0.3, 0.4) is 0 Å². The zero-order valence-corrected chi connectivity index (χ0v) is 59.6. The van der Waals surface area contributed by atoms with Crippen molar-refractivity contribution in [1.82, 2.24) is 0 Å². The average Bonchev–Trinajstić information content (AvgIpc) is 0.767. The predicted octanol–water partition coefficient (Wildman–Crippen LogP) is 9.96. The predicted molar refractivity (Wildman–Crippen MR) is 361 cm³/mol. The lowest BCUT2D eigenvalue weighted by Gasteiger charge is -2.49. The summed E-state index contributed by atoms with van der Waals surface area (Å²) in [7, 11) is -5.69. The number of rotatable bonds is 58. The first-order valence-corrected chi connectivity index (χ1v) is 39.0. The zero-order chi connectivity index (χ0) is 70.4. The number of phosphoric acid groups is 1. The van der Waals surface area contributed by atoms with Crippen LogP contribution in [-0.4, -0.2) is 204 Å². The molecule has 0 bridgehead atoms. The highest BCUT2D eigenvalue weighted by Gasteiger charge is 2.58. The lowest BCUT2D eigenvalue weighted by molar-refractivity contribution is -0.360. The summed E-state index contributed by atoms with van der Waals surface area (Å²) in [6.45, 7) is 3.43. The normalized spacial score (nSPS) is 28.0. The quantitative estimate of drug-likeness (QED) is 0.00886. The van der Waals surface area contributed by atoms with Gasteiger partial charge in [0.1, 0.15) is 98.7 Å². The summed E-state index contributed by atoms with van der Waals surface area (Å²) in [5.74, 6) is -1.99. The second-order valence-electron chi connectivity index (χ2n) is 27.0. The Kier molecular flexibility index (Phi) is 49.0. The highest BCUT2D eigenvalue weighted by atomic mass is 31.2. The van der Waals surface area contributed by atoms with Crippen LogP contribution in [0.4, 0.5) is 0 Å². The first-order chi connectivity index (χ1) is 46.3. The second-order valence-corrected chi connectivity index (χ2v) is 28.4. The third-order valence-corrected chi connectivity index (χ3v) is 19.5. The highest BCUT2D eigenvalue weighted by Crippen LogP contribution is 2.49. The third kappa shape index (κ3) is 36.5. The van der Waals surface area contributed by atoms with Crippen molar-refractivity contribution < 1.29 is 117 Å². The molecule has 0 amide bonds. The molecule has 3 fully saturated rings. The van der Waals surface area contributed by atoms with Gasteiger partial charge in [-0.15, -0.1) is 0 Å². The molecule has 0 spiro atoms. The van der Waals surface area contributed by atoms with Crippen LogP contribution in [0.5, 0.6) is 0 Å². The lowest BCUT2D eigenvalue weighted by Crippen LogP contribution is -2.69. The maximum absolute atomic E-state index is 14.3. The van der Waals surface area contributed by atoms with Gasteiger partial charge in [0.05, 0.1) is 13.2 Å². The number of phosphoric ester groups is 1. The number of allylic oxidation sites excluding steroid dienone is 2. The summed E-state index contributed by atoms with van der Waals surface area (Å²) in [5, 5.41) is 110. The summed E-state index contributed by atoms with van der Waals surface area (Å²) in [6, 6.07) is 0. The number of aliphatic hydroxyl groups is 10. The largest absolute Gasteiger partial charge is 0.472 e. The van der Waals surface area contributed by atoms with Crippen LogP contribution in [0, 0.1) is 0 Å². The van der Waals surface area contributed by atoms with Crippen LogP contribution >= 0.6 is 7.82 Å². The van der Waals surface area contributed by atoms with Gasteiger partial charge in [-0.2, -0.15) is 0 Å². The van der Waals surface area contributed by atoms with E-state index < -0.39 is 156 Å². The lowest BCUT2D eigenvalue weighted by atomic mass is 9.84. The van der Waals surface area contributed by atoms with Gasteiger partial charge in [0.15, 0.2) is 18.7 Å². The van der Waals surface area contributed by atoms with E-state index in [1.54, 1.807) is 0 Å². The Bertz CT molecular complexity index is 2040. The molecule has 0 aromatic rings. The molecule has 2 saturated heterocycles. The van der Waals surface area contributed by atoms with Gasteiger partial charge in [-0.05, 0) is 44.9 Å². The molecule has 0 radical (unpaired) electrons. The van der Waals surface area contributed by atoms with Crippen molar-refractivity contribution in [3.05, 3.63) is 12.2 Å². The van der Waals surface area contributed by atoms with Crippen molar-refractivity contribution in [1.29, 1.82) is 0 Å². The molecule has 18 unspecified atom stereocenters. The fourth-order valence-electron chi connectivity index (χ4n) is 12.4. The van der Waals surface area contributed by atoms with E-state index in [0.717, 1.165) is 116 Å². The van der Waals surface area contributed by atoms with Gasteiger partial charge in [-0.25, -0.2) is 4.57 Å². The van der Waals surface area contributed by atoms with E-state index >= 15 is 0 Å². The minimum atomic E-state index is -5.69. The molecule has 1 aliphatic carbocycles. The van der Waals surface area contributed by atoms with Crippen LogP contribution < -0.4 is 0 Å². The molecule has 3 rings (SSSR count). The standard InChI is InChI=1S/C71H131O24P/c1-4-7-10-13-16-19-22-25-26-29-31-33-36-39-42-45-55(73)87-49-52(90-57(75)47-44-41-38-35-32-28-24-21-18-15-12-9-6-3)50-89-96(85,86)95-69-67(93-70-65(83)60(78)58(76)53(48-72)91-70)63(81)62(80)64(82)68(69)94-71-66(84)61(79)59(77)54(92-71)51-88-56(74)46-43-40-37-34-30-27-23-20-17-14-11-8-5-2/h19,22,52-54,58-72,76-84H,4-18,20-21,23-51H2,1-3H3,(H,85,86)/b22-19-. The number of aliphatic hydroxyl groups excluding tert-OH is 10. The van der Waals surface area contributed by atoms with E-state index in [4.69, 9.17) is 42.2 Å². The number of hydrogen-bond donors (Lipinski definition) is 11. The molecule has 3 aliphatic rings. The Morgan fingerprint density at radius 1 is 0.396 bits per heavy atom. The summed E-state index contributed by atoms with van der Waals surface area (Å²) in [5.41, 5.74) is 0. The molecule has 25 heteroatoms. The van der Waals surface area contributed by atoms with Crippen molar-refractivity contribution >= 4 is 25.7 Å². The molecular weight excluding hydrogens is 1270 g/mol. The number of hydrogen-bond acceptors (Lipinski definition) is 23. The van der Waals surface area contributed by atoms with E-state index in [1.807, 2.05) is 0 Å². The summed E-state index contributed by atoms with van der Waals surface area (Å²) in [4.78, 5) is 50.9. The zero-order valence-electron chi connectivity index (χ0n) is 58.7. The highest BCUT2D eigenvalue weighted by molar-refractivity contribution is 7.47. The SMILES string of the molecule is CCCCCC/C=C\CCCCCCCCCC(=O)OCC(COP(=O)(O)OC1C(OC2OC(CO)C(O)C(O)C2O)C(O)C(O)C(O)C1OC1OC(COC(=O)CCCCCCCCCCCCCCC)C(O)C(O)C1O)OC(=O)CCCCCCCCCCCCCCC. The fourth-order valence-corrected chi connectivity index (χ4v) is 13.4. The Labute approximate surface area is 573 Å². The molecule has 11 N–H and O–H groups in total. The van der Waals surface area contributed by atoms with Gasteiger partial charge >= 0.3 is 25.7 Å². The molecular formula is C71H131O24P. The Morgan fingerprint density at radius 3 is 1.14 bits per heavy atom. The summed E-state index contributed by atoms with van der Waals surface area (Å²) in [6.07, 6.45) is 11.4. The van der Waals surface area contributed by atoms with Crippen LogP contribution in [-0.2, 0) is 61.2 Å². The molecule has 2 heterocycles. The maximum atomic E-state index is 14.3. The molecule has 96 heavy (non-hydrogen) atoms. The summed E-state index contributed by atoms with van der Waals surface area (Å²) >= 11 is 0. The van der Waals surface area contributed by atoms with E-state index in [-0.39, 0.29) is 19.3 Å². The van der Waals surface area contributed by atoms with Crippen molar-refractivity contribution in [3.63, 3.8) is 0 Å². The first-order valence-electron chi connectivity index (χ1n) is 37.5. The molecule has 0 aromatic heterocycles. The number of esters is 3. The number of unbranched alkanes of at least 4 members (excludes halogenated alkanes) is 35. The van der Waals surface area contributed by atoms with Crippen LogP contribution in [0.15, 0.2) is 12.2 Å². The smallest absolute Gasteiger partial charge is 0.463 e. The maximum Gasteiger partial charge on any atom is 0.472 e. The van der Waals surface area contributed by atoms with Crippen LogP contribution in [0.2, 0.25) is 0 Å².